The maximum absolute atomic E-state index is 3.73. The fraction of sp³-hybridized carbons (Fsp3) is 1.00. The van der Waals surface area contributed by atoms with Crippen LogP contribution in [0.1, 0.15) is 12.8 Å². The van der Waals surface area contributed by atoms with Gasteiger partial charge in [-0.1, -0.05) is 15.9 Å². The van der Waals surface area contributed by atoms with E-state index >= 15 is 0 Å². The van der Waals surface area contributed by atoms with Crippen LogP contribution >= 0.6 is 15.9 Å². The average Bonchev–Trinajstić information content (AvgIpc) is 2.04. The highest BCUT2D eigenvalue weighted by molar-refractivity contribution is 9.09. The molecule has 0 spiro atoms. The number of alkyl halides is 1. The van der Waals surface area contributed by atoms with Gasteiger partial charge < -0.3 is 4.90 Å². The predicted molar refractivity (Wildman–Crippen MR) is 56.6 cm³/mol. The lowest BCUT2D eigenvalue weighted by Gasteiger charge is -2.34. The van der Waals surface area contributed by atoms with Crippen LogP contribution in [0.4, 0.5) is 0 Å². The summed E-state index contributed by atoms with van der Waals surface area (Å²) in [5, 5.41) is 0. The van der Waals surface area contributed by atoms with E-state index in [1.165, 1.54) is 25.9 Å². The van der Waals surface area contributed by atoms with Gasteiger partial charge in [0.25, 0.3) is 0 Å². The molecule has 0 bridgehead atoms. The maximum atomic E-state index is 3.73. The van der Waals surface area contributed by atoms with Crippen LogP contribution in [0.5, 0.6) is 0 Å². The first-order valence-corrected chi connectivity index (χ1v) is 5.52. The number of piperidine rings is 1. The van der Waals surface area contributed by atoms with Crippen molar-refractivity contribution in [3.05, 3.63) is 0 Å². The van der Waals surface area contributed by atoms with Gasteiger partial charge in [0.2, 0.25) is 0 Å². The number of halogens is 1. The highest BCUT2D eigenvalue weighted by atomic mass is 79.9. The van der Waals surface area contributed by atoms with Crippen molar-refractivity contribution in [2.45, 2.75) is 17.8 Å². The quantitative estimate of drug-likeness (QED) is 0.530. The largest absolute Gasteiger partial charge is 0.306 e. The molecule has 1 saturated heterocycles. The molecule has 1 atom stereocenters. The van der Waals surface area contributed by atoms with E-state index in [4.69, 9.17) is 0 Å². The fourth-order valence-corrected chi connectivity index (χ4v) is 2.25. The SMILES string of the molecule is CN1CCC(C(Br)N(C)C)CC1. The van der Waals surface area contributed by atoms with E-state index < -0.39 is 0 Å². The van der Waals surface area contributed by atoms with Gasteiger partial charge in [0.05, 0.1) is 4.95 Å². The Kier molecular flexibility index (Phi) is 4.00. The van der Waals surface area contributed by atoms with E-state index in [1.807, 2.05) is 0 Å². The average molecular weight is 235 g/mol. The Bertz CT molecular complexity index is 130. The van der Waals surface area contributed by atoms with Gasteiger partial charge in [0.1, 0.15) is 0 Å². The summed E-state index contributed by atoms with van der Waals surface area (Å²) in [6, 6.07) is 0. The van der Waals surface area contributed by atoms with Crippen molar-refractivity contribution in [2.24, 2.45) is 5.92 Å². The Hall–Kier alpha value is 0.400. The molecular formula is C9H19BrN2. The normalized spacial score (nSPS) is 24.8. The van der Waals surface area contributed by atoms with Crippen molar-refractivity contribution in [3.8, 4) is 0 Å². The minimum Gasteiger partial charge on any atom is -0.306 e. The van der Waals surface area contributed by atoms with Gasteiger partial charge in [-0.25, -0.2) is 0 Å². The Labute approximate surface area is 84.0 Å². The molecule has 2 nitrogen and oxygen atoms in total. The summed E-state index contributed by atoms with van der Waals surface area (Å²) in [6.45, 7) is 2.50. The lowest BCUT2D eigenvalue weighted by atomic mass is 9.97. The summed E-state index contributed by atoms with van der Waals surface area (Å²) in [6.07, 6.45) is 2.65. The highest BCUT2D eigenvalue weighted by Gasteiger charge is 2.24. The third-order valence-corrected chi connectivity index (χ3v) is 4.21. The van der Waals surface area contributed by atoms with Gasteiger partial charge in [-0.05, 0) is 53.0 Å². The highest BCUT2D eigenvalue weighted by Crippen LogP contribution is 2.25. The van der Waals surface area contributed by atoms with Crippen LogP contribution in [-0.2, 0) is 0 Å². The number of hydrogen-bond acceptors (Lipinski definition) is 2. The molecule has 1 aliphatic heterocycles. The van der Waals surface area contributed by atoms with Crippen LogP contribution < -0.4 is 0 Å². The van der Waals surface area contributed by atoms with Gasteiger partial charge in [-0.15, -0.1) is 0 Å². The third-order valence-electron chi connectivity index (χ3n) is 2.65. The van der Waals surface area contributed by atoms with Crippen LogP contribution in [-0.4, -0.2) is 49.0 Å². The molecule has 0 aliphatic carbocycles. The number of hydrogen-bond donors (Lipinski definition) is 0. The van der Waals surface area contributed by atoms with Crippen molar-refractivity contribution in [1.82, 2.24) is 9.80 Å². The molecular weight excluding hydrogens is 216 g/mol. The number of rotatable bonds is 2. The van der Waals surface area contributed by atoms with E-state index in [2.05, 4.69) is 46.9 Å². The summed E-state index contributed by atoms with van der Waals surface area (Å²) in [4.78, 5) is 5.23. The molecule has 3 heteroatoms. The molecule has 1 aliphatic rings. The van der Waals surface area contributed by atoms with Crippen LogP contribution in [0.15, 0.2) is 0 Å². The molecule has 0 aromatic carbocycles. The summed E-state index contributed by atoms with van der Waals surface area (Å²) in [7, 11) is 6.48. The van der Waals surface area contributed by atoms with Crippen molar-refractivity contribution in [1.29, 1.82) is 0 Å². The molecule has 0 N–H and O–H groups in total. The first-order valence-electron chi connectivity index (χ1n) is 4.60. The Morgan fingerprint density at radius 1 is 1.33 bits per heavy atom. The molecule has 0 radical (unpaired) electrons. The molecule has 0 aromatic rings. The van der Waals surface area contributed by atoms with Gasteiger partial charge in [0, 0.05) is 0 Å². The Balaban J connectivity index is 2.34. The first kappa shape index (κ1) is 10.5. The van der Waals surface area contributed by atoms with Crippen LogP contribution in [0, 0.1) is 5.92 Å². The molecule has 0 saturated carbocycles. The summed E-state index contributed by atoms with van der Waals surface area (Å²) in [5.74, 6) is 0.830. The summed E-state index contributed by atoms with van der Waals surface area (Å²) < 4.78 is 0. The minimum atomic E-state index is 0.561. The van der Waals surface area contributed by atoms with Crippen molar-refractivity contribution in [2.75, 3.05) is 34.2 Å². The third kappa shape index (κ3) is 2.71. The van der Waals surface area contributed by atoms with Gasteiger partial charge in [-0.3, -0.25) is 4.90 Å². The number of nitrogens with zero attached hydrogens (tertiary/aromatic N) is 2. The van der Waals surface area contributed by atoms with Crippen LogP contribution in [0.3, 0.4) is 0 Å². The zero-order chi connectivity index (χ0) is 9.14. The second kappa shape index (κ2) is 4.58. The van der Waals surface area contributed by atoms with E-state index in [0.29, 0.717) is 4.95 Å². The van der Waals surface area contributed by atoms with Gasteiger partial charge in [-0.2, -0.15) is 0 Å². The molecule has 1 fully saturated rings. The Morgan fingerprint density at radius 2 is 1.83 bits per heavy atom. The van der Waals surface area contributed by atoms with Crippen molar-refractivity contribution < 1.29 is 0 Å². The lowest BCUT2D eigenvalue weighted by molar-refractivity contribution is 0.177. The van der Waals surface area contributed by atoms with E-state index in [-0.39, 0.29) is 0 Å². The standard InChI is InChI=1S/C9H19BrN2/c1-11(2)9(10)8-4-6-12(3)7-5-8/h8-9H,4-7H2,1-3H3. The monoisotopic (exact) mass is 234 g/mol. The zero-order valence-corrected chi connectivity index (χ0v) is 9.84. The molecule has 1 rings (SSSR count). The fourth-order valence-electron chi connectivity index (χ4n) is 1.73. The Morgan fingerprint density at radius 3 is 2.25 bits per heavy atom. The number of likely N-dealkylation sites (tertiary alicyclic amines) is 1. The second-order valence-electron chi connectivity index (χ2n) is 3.98. The molecule has 12 heavy (non-hydrogen) atoms. The van der Waals surface area contributed by atoms with Crippen molar-refractivity contribution in [3.63, 3.8) is 0 Å². The van der Waals surface area contributed by atoms with E-state index in [9.17, 15) is 0 Å². The maximum Gasteiger partial charge on any atom is 0.0680 e. The minimum absolute atomic E-state index is 0.561. The molecule has 72 valence electrons. The zero-order valence-electron chi connectivity index (χ0n) is 8.26. The smallest absolute Gasteiger partial charge is 0.0680 e. The molecule has 0 aromatic heterocycles. The second-order valence-corrected chi connectivity index (χ2v) is 4.92. The first-order chi connectivity index (χ1) is 5.61. The van der Waals surface area contributed by atoms with Gasteiger partial charge >= 0.3 is 0 Å². The van der Waals surface area contributed by atoms with Crippen LogP contribution in [0.2, 0.25) is 0 Å². The molecule has 1 unspecified atom stereocenters. The van der Waals surface area contributed by atoms with Crippen molar-refractivity contribution >= 4 is 15.9 Å². The van der Waals surface area contributed by atoms with Gasteiger partial charge in [0.15, 0.2) is 0 Å². The summed E-state index contributed by atoms with van der Waals surface area (Å²) in [5.41, 5.74) is 0. The molecule has 1 heterocycles. The summed E-state index contributed by atoms with van der Waals surface area (Å²) >= 11 is 3.73. The predicted octanol–water partition coefficient (Wildman–Crippen LogP) is 1.61. The van der Waals surface area contributed by atoms with E-state index in [1.54, 1.807) is 0 Å². The molecule has 0 amide bonds. The van der Waals surface area contributed by atoms with Crippen LogP contribution in [0.25, 0.3) is 0 Å². The van der Waals surface area contributed by atoms with E-state index in [0.717, 1.165) is 5.92 Å². The lowest BCUT2D eigenvalue weighted by Crippen LogP contribution is -2.38. The topological polar surface area (TPSA) is 6.48 Å².